The molecule has 0 heterocycles. The van der Waals surface area contributed by atoms with Gasteiger partial charge in [-0.1, -0.05) is 11.6 Å². The fraction of sp³-hybridized carbons (Fsp3) is 0. The van der Waals surface area contributed by atoms with Crippen molar-refractivity contribution in [2.24, 2.45) is 0 Å². The van der Waals surface area contributed by atoms with Crippen molar-refractivity contribution in [1.82, 2.24) is 0 Å². The van der Waals surface area contributed by atoms with Gasteiger partial charge in [0, 0.05) is 9.92 Å². The van der Waals surface area contributed by atoms with Crippen LogP contribution in [0.25, 0.3) is 0 Å². The summed E-state index contributed by atoms with van der Waals surface area (Å²) < 4.78 is 21.0. The summed E-state index contributed by atoms with van der Waals surface area (Å²) in [5.74, 6) is 0. The van der Waals surface area contributed by atoms with Crippen LogP contribution in [0.1, 0.15) is 5.56 Å². The van der Waals surface area contributed by atoms with Crippen LogP contribution in [-0.4, -0.2) is 8.76 Å². The zero-order chi connectivity index (χ0) is 9.14. The van der Waals surface area contributed by atoms with E-state index in [4.69, 9.17) is 16.9 Å². The molecular weight excluding hydrogens is 221 g/mol. The molecule has 1 unspecified atom stereocenters. The Labute approximate surface area is 105 Å². The molecule has 1 atom stereocenters. The van der Waals surface area contributed by atoms with Gasteiger partial charge in [0.05, 0.1) is 5.56 Å². The fourth-order valence-corrected chi connectivity index (χ4v) is 1.48. The molecule has 0 N–H and O–H groups in total. The summed E-state index contributed by atoms with van der Waals surface area (Å²) in [6.07, 6.45) is 0. The average molecular weight is 224 g/mol. The number of rotatable bonds is 1. The molecule has 0 amide bonds. The molecule has 1 rings (SSSR count). The number of hydrogen-bond donors (Lipinski definition) is 0. The van der Waals surface area contributed by atoms with Crippen LogP contribution in [0.3, 0.4) is 0 Å². The second-order valence-electron chi connectivity index (χ2n) is 1.99. The van der Waals surface area contributed by atoms with Crippen molar-refractivity contribution >= 4 is 22.7 Å². The van der Waals surface area contributed by atoms with Gasteiger partial charge in [0.2, 0.25) is 0 Å². The van der Waals surface area contributed by atoms with Crippen LogP contribution in [0.4, 0.5) is 0 Å². The molecule has 0 radical (unpaired) electrons. The third kappa shape index (κ3) is 3.39. The average Bonchev–Trinajstić information content (AvgIpc) is 2.04. The van der Waals surface area contributed by atoms with Gasteiger partial charge in [0.15, 0.2) is 0 Å². The van der Waals surface area contributed by atoms with Crippen LogP contribution >= 0.6 is 11.6 Å². The Morgan fingerprint density at radius 1 is 1.54 bits per heavy atom. The number of nitriles is 1. The van der Waals surface area contributed by atoms with Gasteiger partial charge >= 0.3 is 29.6 Å². The van der Waals surface area contributed by atoms with Gasteiger partial charge in [-0.15, -0.1) is 0 Å². The normalized spacial score (nSPS) is 11.2. The molecule has 1 aromatic carbocycles. The van der Waals surface area contributed by atoms with Crippen LogP contribution in [0.2, 0.25) is 5.02 Å². The van der Waals surface area contributed by atoms with Gasteiger partial charge in [-0.05, 0) is 29.3 Å². The first-order valence-electron chi connectivity index (χ1n) is 2.94. The SMILES string of the molecule is N#Cc1ccc(Cl)cc1S(=O)[O-].[Na+]. The molecule has 0 aliphatic rings. The van der Waals surface area contributed by atoms with E-state index < -0.39 is 11.1 Å². The van der Waals surface area contributed by atoms with E-state index in [1.165, 1.54) is 18.2 Å². The van der Waals surface area contributed by atoms with Crippen LogP contribution < -0.4 is 29.6 Å². The molecule has 0 aliphatic heterocycles. The van der Waals surface area contributed by atoms with E-state index in [0.29, 0.717) is 5.02 Å². The molecule has 62 valence electrons. The molecule has 0 saturated heterocycles. The molecule has 3 nitrogen and oxygen atoms in total. The quantitative estimate of drug-likeness (QED) is 0.428. The predicted molar refractivity (Wildman–Crippen MR) is 43.4 cm³/mol. The van der Waals surface area contributed by atoms with Gasteiger partial charge in [-0.25, -0.2) is 0 Å². The molecule has 0 bridgehead atoms. The topological polar surface area (TPSA) is 63.9 Å². The van der Waals surface area contributed by atoms with Gasteiger partial charge in [-0.2, -0.15) is 5.26 Å². The Kier molecular flexibility index (Phi) is 5.81. The van der Waals surface area contributed by atoms with E-state index in [9.17, 15) is 8.76 Å². The summed E-state index contributed by atoms with van der Waals surface area (Å²) in [6.45, 7) is 0. The first kappa shape index (κ1) is 13.1. The van der Waals surface area contributed by atoms with Crippen molar-refractivity contribution in [2.75, 3.05) is 0 Å². The molecule has 0 spiro atoms. The Bertz CT molecular complexity index is 377. The molecule has 0 aliphatic carbocycles. The maximum Gasteiger partial charge on any atom is 1.00 e. The summed E-state index contributed by atoms with van der Waals surface area (Å²) in [5, 5.41) is 8.79. The third-order valence-electron chi connectivity index (χ3n) is 1.24. The largest absolute Gasteiger partial charge is 1.00 e. The predicted octanol–water partition coefficient (Wildman–Crippen LogP) is -1.55. The minimum absolute atomic E-state index is 0. The van der Waals surface area contributed by atoms with Gasteiger partial charge in [-0.3, -0.25) is 4.21 Å². The summed E-state index contributed by atoms with van der Waals surface area (Å²) in [4.78, 5) is -0.0648. The van der Waals surface area contributed by atoms with Gasteiger partial charge in [0.25, 0.3) is 0 Å². The summed E-state index contributed by atoms with van der Waals surface area (Å²) in [5.41, 5.74) is 0.104. The van der Waals surface area contributed by atoms with Gasteiger partial charge in [0.1, 0.15) is 6.07 Å². The molecule has 0 aromatic heterocycles. The van der Waals surface area contributed by atoms with Crippen LogP contribution in [-0.2, 0) is 11.1 Å². The van der Waals surface area contributed by atoms with E-state index in [1.54, 1.807) is 6.07 Å². The van der Waals surface area contributed by atoms with E-state index >= 15 is 0 Å². The number of nitrogens with zero attached hydrogens (tertiary/aromatic N) is 1. The first-order valence-corrected chi connectivity index (χ1v) is 4.39. The van der Waals surface area contributed by atoms with Crippen molar-refractivity contribution in [1.29, 1.82) is 5.26 Å². The van der Waals surface area contributed by atoms with Crippen molar-refractivity contribution in [3.05, 3.63) is 28.8 Å². The Morgan fingerprint density at radius 2 is 2.15 bits per heavy atom. The smallest absolute Gasteiger partial charge is 0.768 e. The minimum Gasteiger partial charge on any atom is -0.768 e. The molecule has 0 saturated carbocycles. The standard InChI is InChI=1S/C7H4ClNO2S.Na/c8-6-2-1-5(4-9)7(3-6)12(10)11;/h1-3H,(H,10,11);/q;+1/p-1. The van der Waals surface area contributed by atoms with E-state index in [1.807, 2.05) is 0 Å². The molecular formula is C7H3ClNNaO2S. The first-order chi connectivity index (χ1) is 5.65. The van der Waals surface area contributed by atoms with E-state index in [-0.39, 0.29) is 40.0 Å². The van der Waals surface area contributed by atoms with Crippen molar-refractivity contribution in [3.63, 3.8) is 0 Å². The summed E-state index contributed by atoms with van der Waals surface area (Å²) >= 11 is 3.13. The van der Waals surface area contributed by atoms with E-state index in [0.717, 1.165) is 0 Å². The zero-order valence-corrected chi connectivity index (χ0v) is 10.4. The molecule has 1 aromatic rings. The van der Waals surface area contributed by atoms with Crippen molar-refractivity contribution in [3.8, 4) is 6.07 Å². The van der Waals surface area contributed by atoms with Crippen LogP contribution in [0.15, 0.2) is 23.1 Å². The van der Waals surface area contributed by atoms with Crippen molar-refractivity contribution < 1.29 is 38.3 Å². The van der Waals surface area contributed by atoms with Crippen LogP contribution in [0.5, 0.6) is 0 Å². The Hall–Kier alpha value is 0.110. The zero-order valence-electron chi connectivity index (χ0n) is 6.78. The maximum atomic E-state index is 10.5. The fourth-order valence-electron chi connectivity index (χ4n) is 0.726. The molecule has 6 heteroatoms. The van der Waals surface area contributed by atoms with Crippen LogP contribution in [0, 0.1) is 11.3 Å². The van der Waals surface area contributed by atoms with E-state index in [2.05, 4.69) is 0 Å². The Morgan fingerprint density at radius 3 is 2.62 bits per heavy atom. The molecule has 13 heavy (non-hydrogen) atoms. The van der Waals surface area contributed by atoms with Crippen molar-refractivity contribution in [2.45, 2.75) is 4.90 Å². The number of halogens is 1. The second-order valence-corrected chi connectivity index (χ2v) is 3.33. The minimum atomic E-state index is -2.41. The third-order valence-corrected chi connectivity index (χ3v) is 2.18. The number of hydrogen-bond acceptors (Lipinski definition) is 3. The Balaban J connectivity index is 0.00000144. The summed E-state index contributed by atoms with van der Waals surface area (Å²) in [7, 11) is 0. The number of benzene rings is 1. The maximum absolute atomic E-state index is 10.5. The second kappa shape index (κ2) is 5.76. The summed E-state index contributed by atoms with van der Waals surface area (Å²) in [6, 6.07) is 5.83. The molecule has 0 fully saturated rings. The monoisotopic (exact) mass is 223 g/mol. The van der Waals surface area contributed by atoms with Gasteiger partial charge < -0.3 is 4.55 Å².